The molecule has 1 unspecified atom stereocenters. The Morgan fingerprint density at radius 1 is 1.43 bits per heavy atom. The predicted molar refractivity (Wildman–Crippen MR) is 58.0 cm³/mol. The van der Waals surface area contributed by atoms with Crippen LogP contribution in [0.15, 0.2) is 0 Å². The van der Waals surface area contributed by atoms with Gasteiger partial charge in [-0.05, 0) is 34.1 Å². The molecule has 3 heteroatoms. The second-order valence-corrected chi connectivity index (χ2v) is 4.43. The molecule has 1 atom stereocenters. The summed E-state index contributed by atoms with van der Waals surface area (Å²) in [7, 11) is 0. The Kier molecular flexibility index (Phi) is 5.75. The minimum Gasteiger partial charge on any atom is -0.373 e. The highest BCUT2D eigenvalue weighted by molar-refractivity contribution is 4.91. The van der Waals surface area contributed by atoms with E-state index in [1.807, 2.05) is 27.7 Å². The van der Waals surface area contributed by atoms with Gasteiger partial charge in [0.2, 0.25) is 0 Å². The first-order valence-corrected chi connectivity index (χ1v) is 5.21. The van der Waals surface area contributed by atoms with E-state index >= 15 is 0 Å². The molecule has 0 amide bonds. The molecule has 0 aromatic carbocycles. The van der Waals surface area contributed by atoms with Crippen molar-refractivity contribution >= 4 is 0 Å². The van der Waals surface area contributed by atoms with Gasteiger partial charge in [0.15, 0.2) is 0 Å². The minimum absolute atomic E-state index is 0.131. The second-order valence-electron chi connectivity index (χ2n) is 4.43. The molecule has 0 heterocycles. The van der Waals surface area contributed by atoms with Crippen LogP contribution in [0.3, 0.4) is 0 Å². The highest BCUT2D eigenvalue weighted by Gasteiger charge is 2.18. The Bertz CT molecular complexity index is 194. The van der Waals surface area contributed by atoms with Crippen LogP contribution in [0.4, 0.5) is 0 Å². The summed E-state index contributed by atoms with van der Waals surface area (Å²) in [6, 6.07) is 2.30. The third-order valence-corrected chi connectivity index (χ3v) is 2.18. The highest BCUT2D eigenvalue weighted by Crippen LogP contribution is 2.13. The third kappa shape index (κ3) is 5.95. The van der Waals surface area contributed by atoms with Gasteiger partial charge < -0.3 is 4.74 Å². The smallest absolute Gasteiger partial charge is 0.119 e. The molecule has 0 aliphatic carbocycles. The van der Waals surface area contributed by atoms with E-state index in [2.05, 4.69) is 18.3 Å². The average molecular weight is 198 g/mol. The van der Waals surface area contributed by atoms with Gasteiger partial charge in [-0.25, -0.2) is 0 Å². The number of nitrogens with zero attached hydrogens (tertiary/aromatic N) is 1. The summed E-state index contributed by atoms with van der Waals surface area (Å²) in [5.41, 5.74) is -0.131. The SMILES string of the molecule is CCC(C)(C)OCC(C#N)NC(C)C. The maximum Gasteiger partial charge on any atom is 0.119 e. The van der Waals surface area contributed by atoms with E-state index in [9.17, 15) is 0 Å². The Balaban J connectivity index is 3.91. The molecule has 0 aliphatic heterocycles. The molecule has 14 heavy (non-hydrogen) atoms. The summed E-state index contributed by atoms with van der Waals surface area (Å²) in [6.45, 7) is 10.7. The van der Waals surface area contributed by atoms with Crippen molar-refractivity contribution in [3.8, 4) is 6.07 Å². The maximum absolute atomic E-state index is 8.85. The zero-order chi connectivity index (χ0) is 11.2. The van der Waals surface area contributed by atoms with E-state index in [-0.39, 0.29) is 11.6 Å². The van der Waals surface area contributed by atoms with E-state index in [0.717, 1.165) is 6.42 Å². The lowest BCUT2D eigenvalue weighted by molar-refractivity contribution is -0.0253. The van der Waals surface area contributed by atoms with Crippen molar-refractivity contribution in [2.24, 2.45) is 0 Å². The molecule has 0 aromatic rings. The van der Waals surface area contributed by atoms with Crippen LogP contribution in [0.5, 0.6) is 0 Å². The largest absolute Gasteiger partial charge is 0.373 e. The van der Waals surface area contributed by atoms with Crippen LogP contribution in [-0.2, 0) is 4.74 Å². The summed E-state index contributed by atoms with van der Waals surface area (Å²) < 4.78 is 5.65. The first-order chi connectivity index (χ1) is 6.41. The number of hydrogen-bond donors (Lipinski definition) is 1. The standard InChI is InChI=1S/C11H22N2O/c1-6-11(4,5)14-8-10(7-12)13-9(2)3/h9-10,13H,6,8H2,1-5H3. The fourth-order valence-corrected chi connectivity index (χ4v) is 0.936. The molecule has 0 fully saturated rings. The van der Waals surface area contributed by atoms with Crippen LogP contribution in [0.25, 0.3) is 0 Å². The van der Waals surface area contributed by atoms with E-state index in [4.69, 9.17) is 10.00 Å². The van der Waals surface area contributed by atoms with Crippen molar-refractivity contribution in [2.75, 3.05) is 6.61 Å². The lowest BCUT2D eigenvalue weighted by Crippen LogP contribution is -2.39. The van der Waals surface area contributed by atoms with Gasteiger partial charge in [0.1, 0.15) is 6.04 Å². The lowest BCUT2D eigenvalue weighted by atomic mass is 10.1. The van der Waals surface area contributed by atoms with Gasteiger partial charge in [-0.1, -0.05) is 6.92 Å². The first kappa shape index (κ1) is 13.4. The number of rotatable bonds is 6. The molecule has 0 spiro atoms. The van der Waals surface area contributed by atoms with Crippen molar-refractivity contribution < 1.29 is 4.74 Å². The summed E-state index contributed by atoms with van der Waals surface area (Å²) in [5.74, 6) is 0. The molecule has 3 nitrogen and oxygen atoms in total. The average Bonchev–Trinajstić information content (AvgIpc) is 2.12. The molecule has 82 valence electrons. The number of nitriles is 1. The molecule has 0 bridgehead atoms. The number of nitrogens with one attached hydrogen (secondary N) is 1. The normalized spacial score (nSPS) is 14.1. The van der Waals surface area contributed by atoms with Crippen LogP contribution in [0, 0.1) is 11.3 Å². The van der Waals surface area contributed by atoms with Crippen molar-refractivity contribution in [3.63, 3.8) is 0 Å². The summed E-state index contributed by atoms with van der Waals surface area (Å²) in [4.78, 5) is 0. The molecule has 1 N–H and O–H groups in total. The van der Waals surface area contributed by atoms with Gasteiger partial charge in [0.25, 0.3) is 0 Å². The number of hydrogen-bond acceptors (Lipinski definition) is 3. The molecular formula is C11H22N2O. The monoisotopic (exact) mass is 198 g/mol. The molecular weight excluding hydrogens is 176 g/mol. The second kappa shape index (κ2) is 6.00. The quantitative estimate of drug-likeness (QED) is 0.710. The highest BCUT2D eigenvalue weighted by atomic mass is 16.5. The number of ether oxygens (including phenoxy) is 1. The Labute approximate surface area is 87.4 Å². The maximum atomic E-state index is 8.85. The molecule has 0 saturated heterocycles. The molecule has 0 aromatic heterocycles. The Morgan fingerprint density at radius 2 is 2.00 bits per heavy atom. The van der Waals surface area contributed by atoms with Crippen LogP contribution in [-0.4, -0.2) is 24.3 Å². The van der Waals surface area contributed by atoms with Gasteiger partial charge in [-0.2, -0.15) is 5.26 Å². The summed E-state index contributed by atoms with van der Waals surface area (Å²) in [6.07, 6.45) is 0.951. The topological polar surface area (TPSA) is 45.0 Å². The molecule has 0 aliphatic rings. The zero-order valence-electron chi connectivity index (χ0n) is 9.92. The molecule has 0 rings (SSSR count). The van der Waals surface area contributed by atoms with Gasteiger partial charge in [-0.3, -0.25) is 5.32 Å². The van der Waals surface area contributed by atoms with Crippen LogP contribution in [0.1, 0.15) is 41.0 Å². The van der Waals surface area contributed by atoms with Gasteiger partial charge in [-0.15, -0.1) is 0 Å². The Morgan fingerprint density at radius 3 is 2.36 bits per heavy atom. The van der Waals surface area contributed by atoms with Gasteiger partial charge in [0, 0.05) is 6.04 Å². The molecule has 0 saturated carbocycles. The van der Waals surface area contributed by atoms with E-state index < -0.39 is 0 Å². The first-order valence-electron chi connectivity index (χ1n) is 5.21. The van der Waals surface area contributed by atoms with E-state index in [1.165, 1.54) is 0 Å². The summed E-state index contributed by atoms with van der Waals surface area (Å²) in [5, 5.41) is 12.0. The predicted octanol–water partition coefficient (Wildman–Crippen LogP) is 2.08. The van der Waals surface area contributed by atoms with Crippen molar-refractivity contribution in [1.29, 1.82) is 5.26 Å². The van der Waals surface area contributed by atoms with Crippen LogP contribution in [0.2, 0.25) is 0 Å². The van der Waals surface area contributed by atoms with Crippen LogP contribution >= 0.6 is 0 Å². The van der Waals surface area contributed by atoms with Gasteiger partial charge >= 0.3 is 0 Å². The van der Waals surface area contributed by atoms with E-state index in [0.29, 0.717) is 12.6 Å². The van der Waals surface area contributed by atoms with Crippen molar-refractivity contribution in [1.82, 2.24) is 5.32 Å². The van der Waals surface area contributed by atoms with E-state index in [1.54, 1.807) is 0 Å². The van der Waals surface area contributed by atoms with Crippen molar-refractivity contribution in [3.05, 3.63) is 0 Å². The summed E-state index contributed by atoms with van der Waals surface area (Å²) >= 11 is 0. The van der Waals surface area contributed by atoms with Crippen molar-refractivity contribution in [2.45, 2.75) is 58.7 Å². The fourth-order valence-electron chi connectivity index (χ4n) is 0.936. The fraction of sp³-hybridized carbons (Fsp3) is 0.909. The van der Waals surface area contributed by atoms with Crippen LogP contribution < -0.4 is 5.32 Å². The van der Waals surface area contributed by atoms with Gasteiger partial charge in [0.05, 0.1) is 18.3 Å². The Hall–Kier alpha value is -0.590. The lowest BCUT2D eigenvalue weighted by Gasteiger charge is -2.25. The molecule has 0 radical (unpaired) electrons. The third-order valence-electron chi connectivity index (χ3n) is 2.18. The minimum atomic E-state index is -0.208. The zero-order valence-corrected chi connectivity index (χ0v) is 9.92.